The van der Waals surface area contributed by atoms with Crippen molar-refractivity contribution in [2.75, 3.05) is 6.54 Å². The summed E-state index contributed by atoms with van der Waals surface area (Å²) in [7, 11) is -4.10. The number of aryl methyl sites for hydroxylation is 1. The van der Waals surface area contributed by atoms with E-state index in [1.165, 1.54) is 6.07 Å². The molecular formula is C26H28FNO4S. The number of hydrogen-bond donors (Lipinski definition) is 0. The molecule has 1 amide bonds. The molecule has 0 unspecified atom stereocenters. The summed E-state index contributed by atoms with van der Waals surface area (Å²) >= 11 is 0. The van der Waals surface area contributed by atoms with Crippen LogP contribution in [-0.4, -0.2) is 25.8 Å². The van der Waals surface area contributed by atoms with Crippen LogP contribution in [0.1, 0.15) is 31.4 Å². The van der Waals surface area contributed by atoms with Gasteiger partial charge in [0.05, 0.1) is 0 Å². The van der Waals surface area contributed by atoms with Crippen LogP contribution in [0.5, 0.6) is 5.75 Å². The van der Waals surface area contributed by atoms with E-state index in [2.05, 4.69) is 0 Å². The van der Waals surface area contributed by atoms with E-state index in [4.69, 9.17) is 4.18 Å². The van der Waals surface area contributed by atoms with Gasteiger partial charge < -0.3 is 9.08 Å². The fourth-order valence-electron chi connectivity index (χ4n) is 3.44. The molecule has 3 aromatic carbocycles. The summed E-state index contributed by atoms with van der Waals surface area (Å²) in [4.78, 5) is 14.6. The molecule has 174 valence electrons. The standard InChI is InChI=1S/C26H28FNO4S/c1-20(2)18-28(26(29)16-11-21-7-4-3-5-8-21)19-22-9-6-10-24(17-22)32-33(30,31)25-14-12-23(27)13-15-25/h3-10,12-15,17,20H,11,16,18-19H2,1-2H3. The molecule has 0 saturated heterocycles. The Morgan fingerprint density at radius 1 is 0.939 bits per heavy atom. The highest BCUT2D eigenvalue weighted by atomic mass is 32.2. The van der Waals surface area contributed by atoms with Gasteiger partial charge in [-0.25, -0.2) is 4.39 Å². The maximum atomic E-state index is 13.1. The molecule has 3 aromatic rings. The summed E-state index contributed by atoms with van der Waals surface area (Å²) in [6, 6.07) is 21.0. The molecule has 0 aliphatic carbocycles. The van der Waals surface area contributed by atoms with Gasteiger partial charge in [0, 0.05) is 19.5 Å². The van der Waals surface area contributed by atoms with Crippen molar-refractivity contribution in [3.05, 3.63) is 95.8 Å². The van der Waals surface area contributed by atoms with Crippen molar-refractivity contribution in [1.82, 2.24) is 4.90 Å². The van der Waals surface area contributed by atoms with Crippen LogP contribution >= 0.6 is 0 Å². The van der Waals surface area contributed by atoms with Crippen molar-refractivity contribution in [1.29, 1.82) is 0 Å². The summed E-state index contributed by atoms with van der Waals surface area (Å²) in [6.07, 6.45) is 1.05. The molecule has 0 bridgehead atoms. The number of carbonyl (C=O) groups excluding carboxylic acids is 1. The zero-order valence-electron chi connectivity index (χ0n) is 18.8. The zero-order chi connectivity index (χ0) is 23.8. The Balaban J connectivity index is 1.71. The third-order valence-corrected chi connectivity index (χ3v) is 6.25. The number of hydrogen-bond acceptors (Lipinski definition) is 4. The second-order valence-electron chi connectivity index (χ2n) is 8.29. The van der Waals surface area contributed by atoms with Crippen molar-refractivity contribution in [2.24, 2.45) is 5.92 Å². The molecular weight excluding hydrogens is 441 g/mol. The van der Waals surface area contributed by atoms with Gasteiger partial charge in [0.15, 0.2) is 0 Å². The predicted octanol–water partition coefficient (Wildman–Crippen LogP) is 5.21. The van der Waals surface area contributed by atoms with Crippen LogP contribution in [0.2, 0.25) is 0 Å². The number of amides is 1. The lowest BCUT2D eigenvalue weighted by molar-refractivity contribution is -0.132. The van der Waals surface area contributed by atoms with Crippen LogP contribution in [0.15, 0.2) is 83.8 Å². The van der Waals surface area contributed by atoms with Crippen LogP contribution in [0, 0.1) is 11.7 Å². The van der Waals surface area contributed by atoms with Crippen molar-refractivity contribution in [3.8, 4) is 5.75 Å². The summed E-state index contributed by atoms with van der Waals surface area (Å²) in [5, 5.41) is 0. The molecule has 0 heterocycles. The van der Waals surface area contributed by atoms with Gasteiger partial charge in [0.1, 0.15) is 16.5 Å². The van der Waals surface area contributed by atoms with E-state index in [9.17, 15) is 17.6 Å². The third kappa shape index (κ3) is 7.43. The number of carbonyl (C=O) groups is 1. The molecule has 0 aromatic heterocycles. The summed E-state index contributed by atoms with van der Waals surface area (Å²) in [6.45, 7) is 5.03. The summed E-state index contributed by atoms with van der Waals surface area (Å²) < 4.78 is 43.4. The lowest BCUT2D eigenvalue weighted by atomic mass is 10.1. The van der Waals surface area contributed by atoms with Gasteiger partial charge in [-0.3, -0.25) is 4.79 Å². The Labute approximate surface area is 194 Å². The first-order valence-electron chi connectivity index (χ1n) is 10.8. The minimum atomic E-state index is -4.10. The summed E-state index contributed by atoms with van der Waals surface area (Å²) in [5.41, 5.74) is 1.87. The topological polar surface area (TPSA) is 63.7 Å². The van der Waals surface area contributed by atoms with Crippen molar-refractivity contribution in [2.45, 2.75) is 38.1 Å². The molecule has 3 rings (SSSR count). The Kier molecular flexibility index (Phi) is 8.22. The van der Waals surface area contributed by atoms with Crippen LogP contribution in [0.3, 0.4) is 0 Å². The smallest absolute Gasteiger partial charge is 0.339 e. The average molecular weight is 470 g/mol. The molecule has 0 radical (unpaired) electrons. The maximum absolute atomic E-state index is 13.1. The van der Waals surface area contributed by atoms with E-state index in [1.807, 2.05) is 50.2 Å². The molecule has 33 heavy (non-hydrogen) atoms. The van der Waals surface area contributed by atoms with Crippen molar-refractivity contribution in [3.63, 3.8) is 0 Å². The first-order valence-corrected chi connectivity index (χ1v) is 12.2. The second-order valence-corrected chi connectivity index (χ2v) is 9.84. The minimum absolute atomic E-state index is 0.0396. The zero-order valence-corrected chi connectivity index (χ0v) is 19.6. The van der Waals surface area contributed by atoms with E-state index >= 15 is 0 Å². The molecule has 0 atom stereocenters. The highest BCUT2D eigenvalue weighted by Gasteiger charge is 2.19. The highest BCUT2D eigenvalue weighted by Crippen LogP contribution is 2.21. The minimum Gasteiger partial charge on any atom is -0.379 e. The molecule has 0 aliphatic rings. The molecule has 0 saturated carbocycles. The molecule has 7 heteroatoms. The predicted molar refractivity (Wildman–Crippen MR) is 126 cm³/mol. The molecule has 0 N–H and O–H groups in total. The molecule has 5 nitrogen and oxygen atoms in total. The van der Waals surface area contributed by atoms with Gasteiger partial charge in [-0.05, 0) is 59.9 Å². The van der Waals surface area contributed by atoms with E-state index in [0.717, 1.165) is 35.4 Å². The van der Waals surface area contributed by atoms with Gasteiger partial charge in [-0.1, -0.05) is 56.3 Å². The largest absolute Gasteiger partial charge is 0.379 e. The van der Waals surface area contributed by atoms with Crippen LogP contribution in [0.4, 0.5) is 4.39 Å². The number of rotatable bonds is 10. The Hall–Kier alpha value is -3.19. The third-order valence-electron chi connectivity index (χ3n) is 4.99. The first kappa shape index (κ1) is 24.5. The fraction of sp³-hybridized carbons (Fsp3) is 0.269. The Morgan fingerprint density at radius 2 is 1.61 bits per heavy atom. The summed E-state index contributed by atoms with van der Waals surface area (Å²) in [5.74, 6) is -0.0713. The number of nitrogens with zero attached hydrogens (tertiary/aromatic N) is 1. The van der Waals surface area contributed by atoms with E-state index in [0.29, 0.717) is 25.9 Å². The van der Waals surface area contributed by atoms with E-state index in [1.54, 1.807) is 17.0 Å². The Bertz CT molecular complexity index is 1160. The van der Waals surface area contributed by atoms with Gasteiger partial charge in [0.25, 0.3) is 0 Å². The van der Waals surface area contributed by atoms with Crippen LogP contribution < -0.4 is 4.18 Å². The number of benzene rings is 3. The van der Waals surface area contributed by atoms with Gasteiger partial charge in [0.2, 0.25) is 5.91 Å². The van der Waals surface area contributed by atoms with Crippen LogP contribution in [-0.2, 0) is 27.9 Å². The lowest BCUT2D eigenvalue weighted by Crippen LogP contribution is -2.33. The van der Waals surface area contributed by atoms with E-state index < -0.39 is 15.9 Å². The molecule has 0 fully saturated rings. The van der Waals surface area contributed by atoms with Crippen molar-refractivity contribution < 1.29 is 21.8 Å². The first-order chi connectivity index (χ1) is 15.7. The highest BCUT2D eigenvalue weighted by molar-refractivity contribution is 7.87. The van der Waals surface area contributed by atoms with E-state index in [-0.39, 0.29) is 22.5 Å². The maximum Gasteiger partial charge on any atom is 0.339 e. The fourth-order valence-corrected chi connectivity index (χ4v) is 4.36. The van der Waals surface area contributed by atoms with Gasteiger partial charge in [-0.15, -0.1) is 0 Å². The van der Waals surface area contributed by atoms with Gasteiger partial charge in [-0.2, -0.15) is 8.42 Å². The molecule has 0 spiro atoms. The monoisotopic (exact) mass is 469 g/mol. The lowest BCUT2D eigenvalue weighted by Gasteiger charge is -2.25. The van der Waals surface area contributed by atoms with Crippen LogP contribution in [0.25, 0.3) is 0 Å². The van der Waals surface area contributed by atoms with Crippen molar-refractivity contribution >= 4 is 16.0 Å². The quantitative estimate of drug-likeness (QED) is 0.382. The van der Waals surface area contributed by atoms with Gasteiger partial charge >= 0.3 is 10.1 Å². The second kappa shape index (κ2) is 11.1. The number of halogens is 1. The average Bonchev–Trinajstić information content (AvgIpc) is 2.77. The molecule has 0 aliphatic heterocycles. The Morgan fingerprint density at radius 3 is 2.27 bits per heavy atom. The normalized spacial score (nSPS) is 11.4. The SMILES string of the molecule is CC(C)CN(Cc1cccc(OS(=O)(=O)c2ccc(F)cc2)c1)C(=O)CCc1ccccc1.